The van der Waals surface area contributed by atoms with Crippen molar-refractivity contribution in [3.8, 4) is 5.88 Å². The fourth-order valence-corrected chi connectivity index (χ4v) is 4.30. The van der Waals surface area contributed by atoms with Crippen LogP contribution in [0.2, 0.25) is 0 Å². The summed E-state index contributed by atoms with van der Waals surface area (Å²) in [4.78, 5) is 38.9. The van der Waals surface area contributed by atoms with E-state index in [1.165, 1.54) is 0 Å². The predicted molar refractivity (Wildman–Crippen MR) is 130 cm³/mol. The lowest BCUT2D eigenvalue weighted by atomic mass is 9.93. The highest BCUT2D eigenvalue weighted by molar-refractivity contribution is 5.93. The van der Waals surface area contributed by atoms with Crippen LogP contribution in [0.5, 0.6) is 5.88 Å². The first kappa shape index (κ1) is 23.0. The molecule has 10 nitrogen and oxygen atoms in total. The summed E-state index contributed by atoms with van der Waals surface area (Å²) in [6.45, 7) is 8.73. The van der Waals surface area contributed by atoms with Crippen LogP contribution in [-0.4, -0.2) is 57.5 Å². The first-order valence-electron chi connectivity index (χ1n) is 11.6. The number of esters is 1. The number of nitrogens with zero attached hydrogens (tertiary/aromatic N) is 4. The summed E-state index contributed by atoms with van der Waals surface area (Å²) >= 11 is 0. The number of nitrogens with two attached hydrogens (primary N) is 1. The molecule has 0 aromatic carbocycles. The number of anilines is 2. The lowest BCUT2D eigenvalue weighted by Gasteiger charge is -2.38. The zero-order valence-electron chi connectivity index (χ0n) is 20.2. The maximum Gasteiger partial charge on any atom is 0.340 e. The topological polar surface area (TPSA) is 133 Å². The minimum absolute atomic E-state index is 0.00914. The van der Waals surface area contributed by atoms with E-state index in [-0.39, 0.29) is 23.9 Å². The van der Waals surface area contributed by atoms with E-state index in [0.29, 0.717) is 48.5 Å². The summed E-state index contributed by atoms with van der Waals surface area (Å²) in [6.07, 6.45) is 3.32. The lowest BCUT2D eigenvalue weighted by Crippen LogP contribution is -2.55. The highest BCUT2D eigenvalue weighted by atomic mass is 16.5. The summed E-state index contributed by atoms with van der Waals surface area (Å²) < 4.78 is 11.3. The predicted octanol–water partition coefficient (Wildman–Crippen LogP) is 2.85. The first-order chi connectivity index (χ1) is 16.6. The number of likely N-dealkylation sites (tertiary alicyclic amines) is 1. The second-order valence-corrected chi connectivity index (χ2v) is 9.73. The smallest absolute Gasteiger partial charge is 0.340 e. The van der Waals surface area contributed by atoms with Crippen LogP contribution in [0.4, 0.5) is 11.6 Å². The number of fused-ring (bicyclic) bond motifs is 2. The van der Waals surface area contributed by atoms with E-state index in [1.54, 1.807) is 36.4 Å². The molecule has 3 N–H and O–H groups in total. The Morgan fingerprint density at radius 1 is 1.20 bits per heavy atom. The number of pyridine rings is 3. The van der Waals surface area contributed by atoms with Gasteiger partial charge < -0.3 is 25.4 Å². The molecule has 0 saturated carbocycles. The van der Waals surface area contributed by atoms with Gasteiger partial charge in [0, 0.05) is 30.8 Å². The minimum Gasteiger partial charge on any atom is -0.470 e. The molecule has 0 unspecified atom stereocenters. The molecule has 3 aromatic heterocycles. The molecule has 35 heavy (non-hydrogen) atoms. The van der Waals surface area contributed by atoms with E-state index in [9.17, 15) is 9.59 Å². The molecular weight excluding hydrogens is 448 g/mol. The Hall–Kier alpha value is -3.79. The Morgan fingerprint density at radius 2 is 1.97 bits per heavy atom. The third kappa shape index (κ3) is 4.37. The molecule has 1 amide bonds. The number of hydrogen-bond acceptors (Lipinski definition) is 9. The van der Waals surface area contributed by atoms with E-state index in [1.807, 2.05) is 26.8 Å². The molecule has 2 aliphatic rings. The van der Waals surface area contributed by atoms with E-state index in [0.717, 1.165) is 16.3 Å². The van der Waals surface area contributed by atoms with Gasteiger partial charge in [0.15, 0.2) is 0 Å². The van der Waals surface area contributed by atoms with Gasteiger partial charge in [-0.05, 0) is 43.0 Å². The minimum atomic E-state index is -0.649. The van der Waals surface area contributed by atoms with E-state index in [2.05, 4.69) is 20.3 Å². The molecule has 5 heterocycles. The normalized spacial score (nSPS) is 18.0. The van der Waals surface area contributed by atoms with Crippen LogP contribution in [0.15, 0.2) is 30.6 Å². The fourth-order valence-electron chi connectivity index (χ4n) is 4.30. The Morgan fingerprint density at radius 3 is 2.69 bits per heavy atom. The van der Waals surface area contributed by atoms with Gasteiger partial charge in [-0.25, -0.2) is 19.7 Å². The van der Waals surface area contributed by atoms with Crippen molar-refractivity contribution in [3.05, 3.63) is 47.4 Å². The zero-order chi connectivity index (χ0) is 24.9. The van der Waals surface area contributed by atoms with Crippen LogP contribution in [0, 0.1) is 0 Å². The van der Waals surface area contributed by atoms with Crippen LogP contribution in [-0.2, 0) is 15.1 Å². The lowest BCUT2D eigenvalue weighted by molar-refractivity contribution is -0.137. The third-order valence-electron chi connectivity index (χ3n) is 6.33. The highest BCUT2D eigenvalue weighted by Gasteiger charge is 2.32. The monoisotopic (exact) mass is 476 g/mol. The Balaban J connectivity index is 1.47. The number of carbonyl (C=O) groups is 2. The van der Waals surface area contributed by atoms with Crippen molar-refractivity contribution in [2.75, 3.05) is 25.0 Å². The molecule has 5 rings (SSSR count). The molecule has 0 spiro atoms. The fraction of sp³-hybridized carbons (Fsp3) is 0.400. The van der Waals surface area contributed by atoms with Crippen LogP contribution in [0.1, 0.15) is 55.2 Å². The maximum atomic E-state index is 12.0. The molecule has 1 atom stereocenters. The average molecular weight is 477 g/mol. The van der Waals surface area contributed by atoms with E-state index < -0.39 is 5.54 Å². The van der Waals surface area contributed by atoms with Crippen LogP contribution in [0.3, 0.4) is 0 Å². The Kier molecular flexibility index (Phi) is 5.55. The SMILES string of the molecule is CC(=O)N1CC(Oc2ncc(C(C)(C)N)c3cc(Nc4ccc5c(n4)[C@@H](C)COC5=O)ncc23)C1. The highest BCUT2D eigenvalue weighted by Crippen LogP contribution is 2.34. The summed E-state index contributed by atoms with van der Waals surface area (Å²) in [7, 11) is 0. The maximum absolute atomic E-state index is 12.0. The van der Waals surface area contributed by atoms with E-state index >= 15 is 0 Å². The Labute approximate surface area is 202 Å². The van der Waals surface area contributed by atoms with Gasteiger partial charge in [0.25, 0.3) is 0 Å². The van der Waals surface area contributed by atoms with Gasteiger partial charge in [-0.3, -0.25) is 4.79 Å². The van der Waals surface area contributed by atoms with Crippen LogP contribution < -0.4 is 15.8 Å². The number of cyclic esters (lactones) is 1. The first-order valence-corrected chi connectivity index (χ1v) is 11.6. The van der Waals surface area contributed by atoms with Gasteiger partial charge in [0.2, 0.25) is 11.8 Å². The number of ether oxygens (including phenoxy) is 2. The van der Waals surface area contributed by atoms with Crippen molar-refractivity contribution < 1.29 is 19.1 Å². The van der Waals surface area contributed by atoms with E-state index in [4.69, 9.17) is 15.2 Å². The van der Waals surface area contributed by atoms with Crippen molar-refractivity contribution in [2.45, 2.75) is 45.3 Å². The molecule has 182 valence electrons. The van der Waals surface area contributed by atoms with Crippen LogP contribution >= 0.6 is 0 Å². The number of carbonyl (C=O) groups excluding carboxylic acids is 2. The molecule has 1 saturated heterocycles. The second kappa shape index (κ2) is 8.46. The number of nitrogens with one attached hydrogen (secondary N) is 1. The van der Waals surface area contributed by atoms with Crippen molar-refractivity contribution in [2.24, 2.45) is 5.73 Å². The number of amides is 1. The van der Waals surface area contributed by atoms with Gasteiger partial charge in [0.05, 0.1) is 36.3 Å². The van der Waals surface area contributed by atoms with Gasteiger partial charge in [-0.1, -0.05) is 6.92 Å². The molecule has 0 radical (unpaired) electrons. The molecule has 2 aliphatic heterocycles. The van der Waals surface area contributed by atoms with Gasteiger partial charge in [-0.2, -0.15) is 0 Å². The van der Waals surface area contributed by atoms with Gasteiger partial charge in [-0.15, -0.1) is 0 Å². The number of rotatable bonds is 5. The summed E-state index contributed by atoms with van der Waals surface area (Å²) in [6, 6.07) is 5.35. The molecule has 0 aliphatic carbocycles. The molecule has 3 aromatic rings. The third-order valence-corrected chi connectivity index (χ3v) is 6.33. The van der Waals surface area contributed by atoms with Crippen molar-refractivity contribution in [1.29, 1.82) is 0 Å². The standard InChI is InChI=1S/C25H28N6O4/c1-13-12-34-24(33)16-5-6-20(30-22(13)16)29-21-7-17-18(8-27-21)23(28-9-19(17)25(3,4)26)35-15-10-31(11-15)14(2)32/h5-9,13,15H,10-12,26H2,1-4H3,(H,27,29,30)/t13-/m0/s1. The van der Waals surface area contributed by atoms with Crippen LogP contribution in [0.25, 0.3) is 10.8 Å². The zero-order valence-corrected chi connectivity index (χ0v) is 20.2. The number of hydrogen-bond donors (Lipinski definition) is 2. The summed E-state index contributed by atoms with van der Waals surface area (Å²) in [5.74, 6) is 1.30. The average Bonchev–Trinajstić information content (AvgIpc) is 2.77. The largest absolute Gasteiger partial charge is 0.470 e. The van der Waals surface area contributed by atoms with Gasteiger partial charge in [0.1, 0.15) is 17.7 Å². The van der Waals surface area contributed by atoms with Crippen molar-refractivity contribution >= 4 is 34.3 Å². The quantitative estimate of drug-likeness (QED) is 0.533. The van der Waals surface area contributed by atoms with Crippen molar-refractivity contribution in [1.82, 2.24) is 19.9 Å². The number of aromatic nitrogens is 3. The second-order valence-electron chi connectivity index (χ2n) is 9.73. The van der Waals surface area contributed by atoms with Gasteiger partial charge >= 0.3 is 5.97 Å². The van der Waals surface area contributed by atoms with Crippen molar-refractivity contribution in [3.63, 3.8) is 0 Å². The molecule has 10 heteroatoms. The molecule has 0 bridgehead atoms. The molecular formula is C25H28N6O4. The Bertz CT molecular complexity index is 1330. The summed E-state index contributed by atoms with van der Waals surface area (Å²) in [5, 5.41) is 4.84. The summed E-state index contributed by atoms with van der Waals surface area (Å²) in [5.41, 5.74) is 7.84. The molecule has 1 fully saturated rings.